The van der Waals surface area contributed by atoms with Crippen molar-refractivity contribution in [3.63, 3.8) is 0 Å². The fourth-order valence-electron chi connectivity index (χ4n) is 1.81. The van der Waals surface area contributed by atoms with Crippen molar-refractivity contribution >= 4 is 5.91 Å². The summed E-state index contributed by atoms with van der Waals surface area (Å²) in [6.45, 7) is 4.03. The van der Waals surface area contributed by atoms with Crippen LogP contribution in [0.25, 0.3) is 0 Å². The third-order valence-corrected chi connectivity index (χ3v) is 2.65. The minimum atomic E-state index is 0.0138. The summed E-state index contributed by atoms with van der Waals surface area (Å²) < 4.78 is 0. The Morgan fingerprint density at radius 3 is 2.89 bits per heavy atom. The molecule has 0 bridgehead atoms. The Balaban J connectivity index is 2.70. The molecule has 1 rings (SSSR count). The first-order valence-corrected chi connectivity index (χ1v) is 6.11. The SMILES string of the molecule is CCCN(CC(=O)NC)Cc1cccc(C#N)c1. The number of nitriles is 1. The molecule has 4 nitrogen and oxygen atoms in total. The zero-order valence-corrected chi connectivity index (χ0v) is 10.9. The van der Waals surface area contributed by atoms with Crippen molar-refractivity contribution in [1.82, 2.24) is 10.2 Å². The van der Waals surface area contributed by atoms with Gasteiger partial charge in [-0.05, 0) is 30.7 Å². The lowest BCUT2D eigenvalue weighted by Crippen LogP contribution is -2.35. The average Bonchev–Trinajstić information content (AvgIpc) is 2.39. The Hall–Kier alpha value is -1.86. The Morgan fingerprint density at radius 2 is 2.28 bits per heavy atom. The van der Waals surface area contributed by atoms with Gasteiger partial charge in [-0.2, -0.15) is 5.26 Å². The number of benzene rings is 1. The van der Waals surface area contributed by atoms with Gasteiger partial charge < -0.3 is 5.32 Å². The second-order valence-electron chi connectivity index (χ2n) is 4.20. The molecule has 0 fully saturated rings. The van der Waals surface area contributed by atoms with E-state index in [1.54, 1.807) is 13.1 Å². The number of nitrogens with zero attached hydrogens (tertiary/aromatic N) is 2. The molecule has 0 radical (unpaired) electrons. The second kappa shape index (κ2) is 7.46. The fourth-order valence-corrected chi connectivity index (χ4v) is 1.81. The molecular weight excluding hydrogens is 226 g/mol. The lowest BCUT2D eigenvalue weighted by atomic mass is 10.1. The Bertz CT molecular complexity index is 437. The van der Waals surface area contributed by atoms with E-state index in [0.29, 0.717) is 18.7 Å². The second-order valence-corrected chi connectivity index (χ2v) is 4.20. The van der Waals surface area contributed by atoms with E-state index in [2.05, 4.69) is 23.2 Å². The van der Waals surface area contributed by atoms with Crippen LogP contribution in [0.2, 0.25) is 0 Å². The van der Waals surface area contributed by atoms with Gasteiger partial charge in [0.2, 0.25) is 5.91 Å². The number of carbonyl (C=O) groups is 1. The number of hydrogen-bond acceptors (Lipinski definition) is 3. The third kappa shape index (κ3) is 4.56. The summed E-state index contributed by atoms with van der Waals surface area (Å²) in [6.07, 6.45) is 0.995. The zero-order valence-electron chi connectivity index (χ0n) is 10.9. The van der Waals surface area contributed by atoms with Crippen molar-refractivity contribution in [1.29, 1.82) is 5.26 Å². The van der Waals surface area contributed by atoms with E-state index in [9.17, 15) is 4.79 Å². The van der Waals surface area contributed by atoms with Crippen LogP contribution in [0, 0.1) is 11.3 Å². The predicted octanol–water partition coefficient (Wildman–Crippen LogP) is 1.52. The van der Waals surface area contributed by atoms with Gasteiger partial charge in [0, 0.05) is 13.6 Å². The number of hydrogen-bond donors (Lipinski definition) is 1. The van der Waals surface area contributed by atoms with Gasteiger partial charge in [-0.15, -0.1) is 0 Å². The van der Waals surface area contributed by atoms with Crippen molar-refractivity contribution in [3.8, 4) is 6.07 Å². The number of amides is 1. The summed E-state index contributed by atoms with van der Waals surface area (Å²) in [5.41, 5.74) is 1.72. The highest BCUT2D eigenvalue weighted by Crippen LogP contribution is 2.08. The first-order chi connectivity index (χ1) is 8.69. The Kier molecular flexibility index (Phi) is 5.89. The average molecular weight is 245 g/mol. The van der Waals surface area contributed by atoms with Crippen LogP contribution in [0.15, 0.2) is 24.3 Å². The first kappa shape index (κ1) is 14.2. The number of rotatable bonds is 6. The summed E-state index contributed by atoms with van der Waals surface area (Å²) in [7, 11) is 1.64. The van der Waals surface area contributed by atoms with Gasteiger partial charge in [0.25, 0.3) is 0 Å². The van der Waals surface area contributed by atoms with E-state index in [0.717, 1.165) is 18.5 Å². The van der Waals surface area contributed by atoms with Crippen LogP contribution in [0.3, 0.4) is 0 Å². The maximum Gasteiger partial charge on any atom is 0.233 e. The number of nitrogens with one attached hydrogen (secondary N) is 1. The fraction of sp³-hybridized carbons (Fsp3) is 0.429. The molecular formula is C14H19N3O. The maximum atomic E-state index is 11.4. The quantitative estimate of drug-likeness (QED) is 0.826. The predicted molar refractivity (Wildman–Crippen MR) is 70.8 cm³/mol. The summed E-state index contributed by atoms with van der Waals surface area (Å²) in [5, 5.41) is 11.5. The molecule has 18 heavy (non-hydrogen) atoms. The van der Waals surface area contributed by atoms with Crippen LogP contribution in [0.5, 0.6) is 0 Å². The molecule has 0 saturated heterocycles. The molecule has 1 N–H and O–H groups in total. The summed E-state index contributed by atoms with van der Waals surface area (Å²) in [4.78, 5) is 13.5. The first-order valence-electron chi connectivity index (χ1n) is 6.11. The molecule has 96 valence electrons. The van der Waals surface area contributed by atoms with Crippen LogP contribution in [0.1, 0.15) is 24.5 Å². The topological polar surface area (TPSA) is 56.1 Å². The van der Waals surface area contributed by atoms with Crippen molar-refractivity contribution in [2.24, 2.45) is 0 Å². The molecule has 0 unspecified atom stereocenters. The molecule has 1 amide bonds. The number of carbonyl (C=O) groups excluding carboxylic acids is 1. The molecule has 0 aromatic heterocycles. The zero-order chi connectivity index (χ0) is 13.4. The standard InChI is InChI=1S/C14H19N3O/c1-3-7-17(11-14(18)16-2)10-13-6-4-5-12(8-13)9-15/h4-6,8H,3,7,10-11H2,1-2H3,(H,16,18). The van der Waals surface area contributed by atoms with Gasteiger partial charge in [0.1, 0.15) is 0 Å². The van der Waals surface area contributed by atoms with E-state index in [-0.39, 0.29) is 5.91 Å². The summed E-state index contributed by atoms with van der Waals surface area (Å²) >= 11 is 0. The highest BCUT2D eigenvalue weighted by Gasteiger charge is 2.09. The molecule has 0 saturated carbocycles. The van der Waals surface area contributed by atoms with Crippen LogP contribution >= 0.6 is 0 Å². The van der Waals surface area contributed by atoms with Gasteiger partial charge >= 0.3 is 0 Å². The van der Waals surface area contributed by atoms with Gasteiger partial charge in [-0.25, -0.2) is 0 Å². The van der Waals surface area contributed by atoms with E-state index in [1.807, 2.05) is 18.2 Å². The molecule has 0 heterocycles. The minimum absolute atomic E-state index is 0.0138. The van der Waals surface area contributed by atoms with Crippen LogP contribution in [0.4, 0.5) is 0 Å². The van der Waals surface area contributed by atoms with Crippen molar-refractivity contribution < 1.29 is 4.79 Å². The maximum absolute atomic E-state index is 11.4. The highest BCUT2D eigenvalue weighted by molar-refractivity contribution is 5.77. The Labute approximate surface area is 108 Å². The summed E-state index contributed by atoms with van der Waals surface area (Å²) in [5.74, 6) is 0.0138. The highest BCUT2D eigenvalue weighted by atomic mass is 16.1. The lowest BCUT2D eigenvalue weighted by Gasteiger charge is -2.20. The van der Waals surface area contributed by atoms with E-state index >= 15 is 0 Å². The molecule has 1 aromatic rings. The van der Waals surface area contributed by atoms with E-state index in [4.69, 9.17) is 5.26 Å². The van der Waals surface area contributed by atoms with Crippen LogP contribution in [-0.4, -0.2) is 30.9 Å². The molecule has 4 heteroatoms. The van der Waals surface area contributed by atoms with Crippen LogP contribution < -0.4 is 5.32 Å². The van der Waals surface area contributed by atoms with E-state index in [1.165, 1.54) is 0 Å². The van der Waals surface area contributed by atoms with Crippen LogP contribution in [-0.2, 0) is 11.3 Å². The van der Waals surface area contributed by atoms with E-state index < -0.39 is 0 Å². The normalized spacial score (nSPS) is 10.1. The van der Waals surface area contributed by atoms with Crippen molar-refractivity contribution in [2.45, 2.75) is 19.9 Å². The largest absolute Gasteiger partial charge is 0.358 e. The third-order valence-electron chi connectivity index (χ3n) is 2.65. The number of likely N-dealkylation sites (N-methyl/N-ethyl adjacent to an activating group) is 1. The molecule has 0 aliphatic rings. The Morgan fingerprint density at radius 1 is 1.50 bits per heavy atom. The lowest BCUT2D eigenvalue weighted by molar-refractivity contribution is -0.121. The van der Waals surface area contributed by atoms with Crippen molar-refractivity contribution in [2.75, 3.05) is 20.1 Å². The van der Waals surface area contributed by atoms with Gasteiger partial charge in [-0.3, -0.25) is 9.69 Å². The van der Waals surface area contributed by atoms with Gasteiger partial charge in [-0.1, -0.05) is 19.1 Å². The van der Waals surface area contributed by atoms with Gasteiger partial charge in [0.15, 0.2) is 0 Å². The monoisotopic (exact) mass is 245 g/mol. The molecule has 1 aromatic carbocycles. The smallest absolute Gasteiger partial charge is 0.233 e. The van der Waals surface area contributed by atoms with Crippen molar-refractivity contribution in [3.05, 3.63) is 35.4 Å². The summed E-state index contributed by atoms with van der Waals surface area (Å²) in [6, 6.07) is 9.63. The minimum Gasteiger partial charge on any atom is -0.358 e. The molecule has 0 spiro atoms. The molecule has 0 atom stereocenters. The molecule has 0 aliphatic carbocycles. The van der Waals surface area contributed by atoms with Gasteiger partial charge in [0.05, 0.1) is 18.2 Å². The molecule has 0 aliphatic heterocycles.